The Morgan fingerprint density at radius 2 is 1.82 bits per heavy atom. The molecule has 4 N–H and O–H groups in total. The smallest absolute Gasteiger partial charge is 0.329 e. The van der Waals surface area contributed by atoms with Crippen molar-refractivity contribution < 1.29 is 14.4 Å². The molecular weight excluding hydrogens is 150 g/mol. The molecule has 0 unspecified atom stereocenters. The van der Waals surface area contributed by atoms with E-state index in [1.807, 2.05) is 0 Å². The molecule has 60 valence electrons. The molecule has 0 aromatic rings. The topological polar surface area (TPSA) is 101 Å². The molecule has 0 aliphatic rings. The average Bonchev–Trinajstić information content (AvgIpc) is 1.85. The fourth-order valence-electron chi connectivity index (χ4n) is 0.306. The van der Waals surface area contributed by atoms with Gasteiger partial charge in [-0.3, -0.25) is 15.4 Å². The van der Waals surface area contributed by atoms with E-state index in [9.17, 15) is 14.4 Å². The lowest BCUT2D eigenvalue weighted by molar-refractivity contribution is -0.115. The van der Waals surface area contributed by atoms with Crippen molar-refractivity contribution in [2.24, 2.45) is 5.73 Å². The minimum Gasteiger partial charge on any atom is -0.351 e. The number of rotatable bonds is 1. The Balaban J connectivity index is 3.78. The van der Waals surface area contributed by atoms with Crippen molar-refractivity contribution in [3.63, 3.8) is 0 Å². The van der Waals surface area contributed by atoms with Gasteiger partial charge in [0.15, 0.2) is 0 Å². The molecule has 11 heavy (non-hydrogen) atoms. The minimum atomic E-state index is -1.03. The predicted molar refractivity (Wildman–Crippen MR) is 36.5 cm³/mol. The zero-order chi connectivity index (χ0) is 8.85. The summed E-state index contributed by atoms with van der Waals surface area (Å²) in [5.41, 5.74) is 4.56. The molecule has 5 amide bonds. The van der Waals surface area contributed by atoms with Gasteiger partial charge in [-0.15, -0.1) is 0 Å². The summed E-state index contributed by atoms with van der Waals surface area (Å²) in [6.45, 7) is 3.08. The Morgan fingerprint density at radius 1 is 1.27 bits per heavy atom. The fraction of sp³-hybridized carbons (Fsp3) is 0. The molecule has 0 heterocycles. The first-order valence-electron chi connectivity index (χ1n) is 2.60. The molecule has 0 saturated carbocycles. The maximum absolute atomic E-state index is 10.4. The highest BCUT2D eigenvalue weighted by Gasteiger charge is 2.04. The maximum atomic E-state index is 10.4. The van der Waals surface area contributed by atoms with E-state index in [-0.39, 0.29) is 0 Å². The molecule has 0 rings (SSSR count). The van der Waals surface area contributed by atoms with E-state index in [0.29, 0.717) is 0 Å². The molecule has 0 aliphatic heterocycles. The van der Waals surface area contributed by atoms with Crippen molar-refractivity contribution in [2.45, 2.75) is 0 Å². The van der Waals surface area contributed by atoms with Gasteiger partial charge in [0.05, 0.1) is 0 Å². The van der Waals surface area contributed by atoms with Crippen LogP contribution in [0.3, 0.4) is 0 Å². The molecule has 0 radical (unpaired) electrons. The van der Waals surface area contributed by atoms with Gasteiger partial charge >= 0.3 is 12.1 Å². The second-order valence-corrected chi connectivity index (χ2v) is 1.51. The van der Waals surface area contributed by atoms with Crippen LogP contribution in [0.15, 0.2) is 12.7 Å². The normalized spacial score (nSPS) is 8.00. The Kier molecular flexibility index (Phi) is 3.36. The summed E-state index contributed by atoms with van der Waals surface area (Å²) in [7, 11) is 0. The third kappa shape index (κ3) is 4.64. The van der Waals surface area contributed by atoms with Gasteiger partial charge in [0.2, 0.25) is 0 Å². The summed E-state index contributed by atoms with van der Waals surface area (Å²) >= 11 is 0. The van der Waals surface area contributed by atoms with Crippen LogP contribution >= 0.6 is 0 Å². The Hall–Kier alpha value is -1.85. The largest absolute Gasteiger partial charge is 0.351 e. The average molecular weight is 157 g/mol. The van der Waals surface area contributed by atoms with Crippen LogP contribution in [0.25, 0.3) is 0 Å². The van der Waals surface area contributed by atoms with Gasteiger partial charge in [-0.1, -0.05) is 6.58 Å². The predicted octanol–water partition coefficient (Wildman–Crippen LogP) is -0.923. The van der Waals surface area contributed by atoms with Crippen LogP contribution in [0.1, 0.15) is 0 Å². The van der Waals surface area contributed by atoms with Crippen molar-refractivity contribution in [1.29, 1.82) is 0 Å². The molecular formula is C5H7N3O3. The molecule has 6 heteroatoms. The fourth-order valence-corrected chi connectivity index (χ4v) is 0.306. The second-order valence-electron chi connectivity index (χ2n) is 1.51. The van der Waals surface area contributed by atoms with Gasteiger partial charge < -0.3 is 5.73 Å². The number of hydrogen-bond donors (Lipinski definition) is 3. The Bertz CT molecular complexity index is 211. The molecule has 0 aromatic heterocycles. The van der Waals surface area contributed by atoms with Gasteiger partial charge in [0.1, 0.15) is 0 Å². The number of urea groups is 2. The van der Waals surface area contributed by atoms with E-state index in [0.717, 1.165) is 6.08 Å². The van der Waals surface area contributed by atoms with E-state index in [2.05, 4.69) is 12.3 Å². The zero-order valence-electron chi connectivity index (χ0n) is 5.59. The molecule has 0 fully saturated rings. The summed E-state index contributed by atoms with van der Waals surface area (Å²) in [6.07, 6.45) is 0.889. The first-order chi connectivity index (χ1) is 5.06. The van der Waals surface area contributed by atoms with Crippen LogP contribution in [-0.4, -0.2) is 18.0 Å². The number of carbonyl (C=O) groups is 3. The molecule has 0 saturated heterocycles. The van der Waals surface area contributed by atoms with Crippen molar-refractivity contribution in [2.75, 3.05) is 0 Å². The number of imide groups is 2. The lowest BCUT2D eigenvalue weighted by Crippen LogP contribution is -2.44. The van der Waals surface area contributed by atoms with Crippen LogP contribution in [0.5, 0.6) is 0 Å². The second kappa shape index (κ2) is 4.04. The lowest BCUT2D eigenvalue weighted by atomic mass is 10.6. The summed E-state index contributed by atoms with van der Waals surface area (Å²) in [5, 5.41) is 3.38. The lowest BCUT2D eigenvalue weighted by Gasteiger charge is -1.98. The number of primary amides is 1. The Labute approximate surface area is 62.4 Å². The maximum Gasteiger partial charge on any atom is 0.329 e. The third-order valence-corrected chi connectivity index (χ3v) is 0.659. The van der Waals surface area contributed by atoms with Crippen molar-refractivity contribution in [3.8, 4) is 0 Å². The van der Waals surface area contributed by atoms with Crippen LogP contribution in [-0.2, 0) is 4.79 Å². The first-order valence-corrected chi connectivity index (χ1v) is 2.60. The molecule has 6 nitrogen and oxygen atoms in total. The number of hydrogen-bond acceptors (Lipinski definition) is 3. The van der Waals surface area contributed by atoms with Crippen LogP contribution in [0.4, 0.5) is 9.59 Å². The third-order valence-electron chi connectivity index (χ3n) is 0.659. The zero-order valence-corrected chi connectivity index (χ0v) is 5.59. The van der Waals surface area contributed by atoms with Gasteiger partial charge in [0.25, 0.3) is 5.91 Å². The monoisotopic (exact) mass is 157 g/mol. The van der Waals surface area contributed by atoms with Crippen molar-refractivity contribution >= 4 is 18.0 Å². The van der Waals surface area contributed by atoms with Crippen molar-refractivity contribution in [1.82, 2.24) is 10.6 Å². The first kappa shape index (κ1) is 9.15. The van der Waals surface area contributed by atoms with E-state index in [4.69, 9.17) is 0 Å². The molecule has 0 aromatic carbocycles. The van der Waals surface area contributed by atoms with Gasteiger partial charge in [-0.05, 0) is 6.08 Å². The van der Waals surface area contributed by atoms with E-state index >= 15 is 0 Å². The highest BCUT2D eigenvalue weighted by Crippen LogP contribution is 1.67. The van der Waals surface area contributed by atoms with Crippen LogP contribution in [0, 0.1) is 0 Å². The quantitative estimate of drug-likeness (QED) is 0.429. The van der Waals surface area contributed by atoms with Gasteiger partial charge in [-0.25, -0.2) is 9.59 Å². The molecule has 0 bridgehead atoms. The van der Waals surface area contributed by atoms with Crippen molar-refractivity contribution in [3.05, 3.63) is 12.7 Å². The highest BCUT2D eigenvalue weighted by atomic mass is 16.2. The van der Waals surface area contributed by atoms with Gasteiger partial charge in [-0.2, -0.15) is 0 Å². The number of carbonyl (C=O) groups excluding carboxylic acids is 3. The van der Waals surface area contributed by atoms with E-state index in [1.54, 1.807) is 10.6 Å². The number of amides is 5. The van der Waals surface area contributed by atoms with Crippen LogP contribution < -0.4 is 16.4 Å². The molecule has 0 aliphatic carbocycles. The number of nitrogens with one attached hydrogen (secondary N) is 2. The highest BCUT2D eigenvalue weighted by molar-refractivity contribution is 6.04. The number of nitrogens with two attached hydrogens (primary N) is 1. The minimum absolute atomic E-state index is 0.705. The van der Waals surface area contributed by atoms with E-state index in [1.165, 1.54) is 0 Å². The molecule has 0 spiro atoms. The molecule has 0 atom stereocenters. The summed E-state index contributed by atoms with van der Waals surface area (Å²) in [4.78, 5) is 30.8. The summed E-state index contributed by atoms with van der Waals surface area (Å²) in [6, 6.07) is -2.00. The Morgan fingerprint density at radius 3 is 2.18 bits per heavy atom. The SMILES string of the molecule is C=CC(=O)NC(=O)NC(N)=O. The van der Waals surface area contributed by atoms with E-state index < -0.39 is 18.0 Å². The van der Waals surface area contributed by atoms with Crippen LogP contribution in [0.2, 0.25) is 0 Å². The van der Waals surface area contributed by atoms with Gasteiger partial charge in [0, 0.05) is 0 Å². The summed E-state index contributed by atoms with van der Waals surface area (Å²) in [5.74, 6) is -0.705. The summed E-state index contributed by atoms with van der Waals surface area (Å²) < 4.78 is 0. The standard InChI is InChI=1S/C5H7N3O3/c1-2-3(9)7-5(11)8-4(6)10/h2H,1H2,(H4,6,7,8,9,10,11).